The van der Waals surface area contributed by atoms with Gasteiger partial charge in [-0.05, 0) is 12.8 Å². The Balaban J connectivity index is 2.00. The maximum absolute atomic E-state index is 13.6. The van der Waals surface area contributed by atoms with Crippen LogP contribution >= 0.6 is 0 Å². The first-order chi connectivity index (χ1) is 6.18. The molecule has 2 rings (SSSR count). The Kier molecular flexibility index (Phi) is 2.05. The fourth-order valence-electron chi connectivity index (χ4n) is 1.96. The average molecular weight is 184 g/mol. The van der Waals surface area contributed by atoms with Crippen LogP contribution in [-0.4, -0.2) is 24.7 Å². The Bertz CT molecular complexity index is 228. The molecule has 0 aromatic heterocycles. The van der Waals surface area contributed by atoms with E-state index >= 15 is 0 Å². The molecule has 0 amide bonds. The number of rotatable bonds is 0. The summed E-state index contributed by atoms with van der Waals surface area (Å²) in [7, 11) is 0. The van der Waals surface area contributed by atoms with Gasteiger partial charge < -0.3 is 9.47 Å². The van der Waals surface area contributed by atoms with Gasteiger partial charge in [0.15, 0.2) is 11.5 Å². The lowest BCUT2D eigenvalue weighted by molar-refractivity contribution is -0.188. The normalized spacial score (nSPS) is 30.2. The maximum Gasteiger partial charge on any atom is 0.171 e. The summed E-state index contributed by atoms with van der Waals surface area (Å²) in [6.45, 7) is 1.24. The number of halogens is 1. The minimum atomic E-state index is -1.43. The fraction of sp³-hybridized carbons (Fsp3) is 0.800. The first kappa shape index (κ1) is 8.98. The van der Waals surface area contributed by atoms with Gasteiger partial charge in [0.25, 0.3) is 0 Å². The summed E-state index contributed by atoms with van der Waals surface area (Å²) in [6, 6.07) is 0. The van der Waals surface area contributed by atoms with Gasteiger partial charge in [-0.3, -0.25) is 0 Å². The van der Waals surface area contributed by atoms with Gasteiger partial charge in [-0.1, -0.05) is 5.92 Å². The van der Waals surface area contributed by atoms with Crippen molar-refractivity contribution in [2.75, 3.05) is 13.2 Å². The third-order valence-corrected chi connectivity index (χ3v) is 2.88. The van der Waals surface area contributed by atoms with Crippen molar-refractivity contribution in [3.8, 4) is 12.3 Å². The van der Waals surface area contributed by atoms with E-state index in [1.54, 1.807) is 0 Å². The predicted octanol–water partition coefficient (Wildman–Crippen LogP) is 1.65. The molecule has 2 aliphatic rings. The lowest BCUT2D eigenvalue weighted by atomic mass is 9.83. The molecule has 0 aromatic carbocycles. The molecule has 3 heteroatoms. The van der Waals surface area contributed by atoms with Crippen molar-refractivity contribution in [3.63, 3.8) is 0 Å². The minimum absolute atomic E-state index is 0.351. The summed E-state index contributed by atoms with van der Waals surface area (Å²) in [5.74, 6) is 1.70. The van der Waals surface area contributed by atoms with Crippen molar-refractivity contribution in [2.45, 2.75) is 37.1 Å². The summed E-state index contributed by atoms with van der Waals surface area (Å²) < 4.78 is 24.5. The van der Waals surface area contributed by atoms with Crippen LogP contribution in [0.3, 0.4) is 0 Å². The predicted molar refractivity (Wildman–Crippen MR) is 45.8 cm³/mol. The topological polar surface area (TPSA) is 18.5 Å². The zero-order valence-corrected chi connectivity index (χ0v) is 7.51. The molecule has 1 saturated carbocycles. The number of hydrogen-bond donors (Lipinski definition) is 0. The highest BCUT2D eigenvalue weighted by Crippen LogP contribution is 2.41. The van der Waals surface area contributed by atoms with Gasteiger partial charge in [0.05, 0.1) is 13.2 Å². The zero-order valence-electron chi connectivity index (χ0n) is 7.51. The second-order valence-corrected chi connectivity index (χ2v) is 3.72. The second-order valence-electron chi connectivity index (χ2n) is 3.72. The van der Waals surface area contributed by atoms with E-state index in [0.717, 1.165) is 0 Å². The van der Waals surface area contributed by atoms with Gasteiger partial charge in [-0.15, -0.1) is 6.42 Å². The molecule has 0 aromatic rings. The van der Waals surface area contributed by atoms with Crippen molar-refractivity contribution in [2.24, 2.45) is 0 Å². The van der Waals surface area contributed by atoms with Crippen LogP contribution in [0.5, 0.6) is 0 Å². The van der Waals surface area contributed by atoms with E-state index in [2.05, 4.69) is 5.92 Å². The van der Waals surface area contributed by atoms with Crippen LogP contribution in [0.4, 0.5) is 4.39 Å². The molecule has 0 radical (unpaired) electrons. The third kappa shape index (κ3) is 1.56. The second kappa shape index (κ2) is 2.97. The molecular formula is C10H13FO2. The molecule has 1 heterocycles. The molecule has 0 unspecified atom stereocenters. The summed E-state index contributed by atoms with van der Waals surface area (Å²) in [4.78, 5) is 0. The SMILES string of the molecule is C#CC1(F)CCC2(CC1)OCCO2. The van der Waals surface area contributed by atoms with Crippen LogP contribution in [-0.2, 0) is 9.47 Å². The highest BCUT2D eigenvalue weighted by atomic mass is 19.1. The first-order valence-corrected chi connectivity index (χ1v) is 4.63. The summed E-state index contributed by atoms with van der Waals surface area (Å²) in [5, 5.41) is 0. The monoisotopic (exact) mass is 184 g/mol. The van der Waals surface area contributed by atoms with Crippen LogP contribution in [0.2, 0.25) is 0 Å². The molecular weight excluding hydrogens is 171 g/mol. The van der Waals surface area contributed by atoms with E-state index in [9.17, 15) is 4.39 Å². The van der Waals surface area contributed by atoms with Gasteiger partial charge in [-0.2, -0.15) is 0 Å². The Morgan fingerprint density at radius 3 is 2.08 bits per heavy atom. The highest BCUT2D eigenvalue weighted by Gasteiger charge is 2.45. The van der Waals surface area contributed by atoms with E-state index in [0.29, 0.717) is 38.9 Å². The van der Waals surface area contributed by atoms with E-state index in [-0.39, 0.29) is 0 Å². The number of terminal acetylenes is 1. The Morgan fingerprint density at radius 2 is 1.62 bits per heavy atom. The van der Waals surface area contributed by atoms with Crippen LogP contribution in [0.1, 0.15) is 25.7 Å². The molecule has 1 aliphatic carbocycles. The van der Waals surface area contributed by atoms with Gasteiger partial charge in [-0.25, -0.2) is 4.39 Å². The van der Waals surface area contributed by atoms with Crippen LogP contribution in [0, 0.1) is 12.3 Å². The highest BCUT2D eigenvalue weighted by molar-refractivity contribution is 5.10. The van der Waals surface area contributed by atoms with Gasteiger partial charge in [0, 0.05) is 12.8 Å². The van der Waals surface area contributed by atoms with Crippen LogP contribution < -0.4 is 0 Å². The lowest BCUT2D eigenvalue weighted by Crippen LogP contribution is -2.40. The molecule has 1 saturated heterocycles. The van der Waals surface area contributed by atoms with Gasteiger partial charge in [0.1, 0.15) is 0 Å². The van der Waals surface area contributed by atoms with E-state index < -0.39 is 11.5 Å². The van der Waals surface area contributed by atoms with Crippen molar-refractivity contribution >= 4 is 0 Å². The van der Waals surface area contributed by atoms with Gasteiger partial charge in [0.2, 0.25) is 0 Å². The molecule has 0 atom stereocenters. The van der Waals surface area contributed by atoms with Gasteiger partial charge >= 0.3 is 0 Å². The number of ether oxygens (including phenoxy) is 2. The summed E-state index contributed by atoms with van der Waals surface area (Å²) in [6.07, 6.45) is 6.97. The largest absolute Gasteiger partial charge is 0.348 e. The van der Waals surface area contributed by atoms with E-state index in [4.69, 9.17) is 15.9 Å². The average Bonchev–Trinajstić information content (AvgIpc) is 2.61. The van der Waals surface area contributed by atoms with Crippen molar-refractivity contribution in [1.82, 2.24) is 0 Å². The molecule has 72 valence electrons. The Morgan fingerprint density at radius 1 is 1.08 bits per heavy atom. The standard InChI is InChI=1S/C10H13FO2/c1-2-9(11)3-5-10(6-4-9)12-7-8-13-10/h1H,3-8H2. The Hall–Kier alpha value is -0.590. The van der Waals surface area contributed by atoms with E-state index in [1.807, 2.05) is 0 Å². The molecule has 13 heavy (non-hydrogen) atoms. The summed E-state index contributed by atoms with van der Waals surface area (Å²) in [5.41, 5.74) is -1.43. The molecule has 2 nitrogen and oxygen atoms in total. The molecule has 1 spiro atoms. The summed E-state index contributed by atoms with van der Waals surface area (Å²) >= 11 is 0. The molecule has 1 aliphatic heterocycles. The molecule has 0 N–H and O–H groups in total. The smallest absolute Gasteiger partial charge is 0.171 e. The maximum atomic E-state index is 13.6. The number of alkyl halides is 1. The van der Waals surface area contributed by atoms with E-state index in [1.165, 1.54) is 0 Å². The molecule has 0 bridgehead atoms. The third-order valence-electron chi connectivity index (χ3n) is 2.88. The number of hydrogen-bond acceptors (Lipinski definition) is 2. The minimum Gasteiger partial charge on any atom is -0.348 e. The quantitative estimate of drug-likeness (QED) is 0.533. The van der Waals surface area contributed by atoms with Crippen LogP contribution in [0.25, 0.3) is 0 Å². The first-order valence-electron chi connectivity index (χ1n) is 4.63. The lowest BCUT2D eigenvalue weighted by Gasteiger charge is -2.36. The van der Waals surface area contributed by atoms with Crippen molar-refractivity contribution < 1.29 is 13.9 Å². The van der Waals surface area contributed by atoms with Crippen molar-refractivity contribution in [1.29, 1.82) is 0 Å². The fourth-order valence-corrected chi connectivity index (χ4v) is 1.96. The van der Waals surface area contributed by atoms with Crippen LogP contribution in [0.15, 0.2) is 0 Å². The zero-order chi connectivity index (χ0) is 9.36. The Labute approximate surface area is 77.4 Å². The van der Waals surface area contributed by atoms with Crippen molar-refractivity contribution in [3.05, 3.63) is 0 Å². The molecule has 2 fully saturated rings.